The number of hydrogen-bond acceptors (Lipinski definition) is 5. The minimum atomic E-state index is -3.71. The molecule has 0 saturated carbocycles. The molecule has 0 atom stereocenters. The van der Waals surface area contributed by atoms with Crippen molar-refractivity contribution in [2.45, 2.75) is 11.8 Å². The predicted octanol–water partition coefficient (Wildman–Crippen LogP) is 4.73. The number of carbonyl (C=O) groups excluding carboxylic acids is 1. The van der Waals surface area contributed by atoms with Crippen molar-refractivity contribution in [2.75, 3.05) is 18.4 Å². The van der Waals surface area contributed by atoms with Crippen LogP contribution in [-0.4, -0.2) is 36.7 Å². The summed E-state index contributed by atoms with van der Waals surface area (Å²) in [5.74, 6) is -0.359. The molecule has 0 aliphatic carbocycles. The maximum absolute atomic E-state index is 12.8. The smallest absolute Gasteiger partial charge is 0.257 e. The van der Waals surface area contributed by atoms with Gasteiger partial charge in [0.05, 0.1) is 10.6 Å². The van der Waals surface area contributed by atoms with Gasteiger partial charge >= 0.3 is 0 Å². The summed E-state index contributed by atoms with van der Waals surface area (Å²) in [6.07, 6.45) is 3.03. The van der Waals surface area contributed by atoms with E-state index in [0.29, 0.717) is 10.7 Å². The second kappa shape index (κ2) is 9.82. The Morgan fingerprint density at radius 3 is 2.26 bits per heavy atom. The zero-order chi connectivity index (χ0) is 22.4. The molecule has 3 aromatic rings. The van der Waals surface area contributed by atoms with Crippen molar-refractivity contribution in [2.24, 2.45) is 0 Å². The van der Waals surface area contributed by atoms with Crippen molar-refractivity contribution in [3.8, 4) is 11.3 Å². The van der Waals surface area contributed by atoms with Crippen molar-refractivity contribution in [3.63, 3.8) is 0 Å². The lowest BCUT2D eigenvalue weighted by molar-refractivity contribution is 0.102. The maximum Gasteiger partial charge on any atom is 0.257 e. The fraction of sp³-hybridized carbons (Fsp3) is 0.130. The SMILES string of the molecule is C=CCN(CC=C)S(=O)(=O)c1ccc(C(=O)Nc2nc(-c3ccc(C)cc3)cs2)cc1. The Kier molecular flexibility index (Phi) is 7.17. The summed E-state index contributed by atoms with van der Waals surface area (Å²) in [5, 5.41) is 5.11. The lowest BCUT2D eigenvalue weighted by Crippen LogP contribution is -2.31. The number of thiazole rings is 1. The molecule has 0 spiro atoms. The average Bonchev–Trinajstić information content (AvgIpc) is 3.22. The standard InChI is InChI=1S/C23H23N3O3S2/c1-4-14-26(15-5-2)31(28,29)20-12-10-19(11-13-20)22(27)25-23-24-21(16-30-23)18-8-6-17(3)7-9-18/h4-13,16H,1-2,14-15H2,3H3,(H,24,25,27). The second-order valence-electron chi connectivity index (χ2n) is 6.78. The van der Waals surface area contributed by atoms with Gasteiger partial charge in [0.15, 0.2) is 5.13 Å². The number of hydrogen-bond donors (Lipinski definition) is 1. The van der Waals surface area contributed by atoms with Gasteiger partial charge in [-0.15, -0.1) is 24.5 Å². The van der Waals surface area contributed by atoms with E-state index >= 15 is 0 Å². The first-order valence-corrected chi connectivity index (χ1v) is 11.8. The molecule has 0 fully saturated rings. The van der Waals surface area contributed by atoms with Gasteiger partial charge in [-0.05, 0) is 31.2 Å². The van der Waals surface area contributed by atoms with Gasteiger partial charge in [0.1, 0.15) is 0 Å². The molecule has 0 aliphatic heterocycles. The van der Waals surface area contributed by atoms with Gasteiger partial charge < -0.3 is 0 Å². The van der Waals surface area contributed by atoms with Crippen molar-refractivity contribution in [1.29, 1.82) is 0 Å². The fourth-order valence-corrected chi connectivity index (χ4v) is 4.94. The molecule has 6 nitrogen and oxygen atoms in total. The Morgan fingerprint density at radius 2 is 1.68 bits per heavy atom. The van der Waals surface area contributed by atoms with E-state index < -0.39 is 10.0 Å². The first kappa shape index (κ1) is 22.6. The summed E-state index contributed by atoms with van der Waals surface area (Å²) in [5.41, 5.74) is 3.26. The molecule has 2 aromatic carbocycles. The minimum absolute atomic E-state index is 0.101. The van der Waals surface area contributed by atoms with Crippen LogP contribution in [0, 0.1) is 6.92 Å². The highest BCUT2D eigenvalue weighted by atomic mass is 32.2. The molecule has 0 radical (unpaired) electrons. The van der Waals surface area contributed by atoms with Gasteiger partial charge in [0.2, 0.25) is 10.0 Å². The average molecular weight is 454 g/mol. The summed E-state index contributed by atoms with van der Waals surface area (Å²) in [7, 11) is -3.71. The second-order valence-corrected chi connectivity index (χ2v) is 9.58. The molecule has 0 saturated heterocycles. The van der Waals surface area contributed by atoms with Crippen LogP contribution in [0.25, 0.3) is 11.3 Å². The van der Waals surface area contributed by atoms with Crippen LogP contribution >= 0.6 is 11.3 Å². The lowest BCUT2D eigenvalue weighted by atomic mass is 10.1. The number of aryl methyl sites for hydroxylation is 1. The molecule has 160 valence electrons. The van der Waals surface area contributed by atoms with Gasteiger partial charge in [0.25, 0.3) is 5.91 Å². The van der Waals surface area contributed by atoms with E-state index in [0.717, 1.165) is 16.8 Å². The molecule has 3 rings (SSSR count). The van der Waals surface area contributed by atoms with Gasteiger partial charge in [-0.25, -0.2) is 13.4 Å². The Hall–Kier alpha value is -3.07. The van der Waals surface area contributed by atoms with Crippen LogP contribution in [0.15, 0.2) is 84.1 Å². The molecule has 1 heterocycles. The Labute approximate surface area is 186 Å². The third kappa shape index (κ3) is 5.35. The van der Waals surface area contributed by atoms with Crippen molar-refractivity contribution < 1.29 is 13.2 Å². The summed E-state index contributed by atoms with van der Waals surface area (Å²) < 4.78 is 26.8. The molecule has 1 aromatic heterocycles. The van der Waals surface area contributed by atoms with E-state index in [-0.39, 0.29) is 23.9 Å². The molecule has 8 heteroatoms. The van der Waals surface area contributed by atoms with Crippen LogP contribution in [0.5, 0.6) is 0 Å². The van der Waals surface area contributed by atoms with E-state index in [1.165, 1.54) is 52.1 Å². The monoisotopic (exact) mass is 453 g/mol. The number of aromatic nitrogens is 1. The van der Waals surface area contributed by atoms with E-state index in [2.05, 4.69) is 23.5 Å². The van der Waals surface area contributed by atoms with Crippen LogP contribution in [0.1, 0.15) is 15.9 Å². The van der Waals surface area contributed by atoms with Crippen LogP contribution in [0.2, 0.25) is 0 Å². The van der Waals surface area contributed by atoms with E-state index in [1.807, 2.05) is 36.6 Å². The number of sulfonamides is 1. The highest BCUT2D eigenvalue weighted by Gasteiger charge is 2.22. The highest BCUT2D eigenvalue weighted by molar-refractivity contribution is 7.89. The normalized spacial score (nSPS) is 11.3. The fourth-order valence-electron chi connectivity index (χ4n) is 2.84. The number of anilines is 1. The summed E-state index contributed by atoms with van der Waals surface area (Å²) in [4.78, 5) is 17.1. The Bertz CT molecular complexity index is 1170. The molecule has 1 amide bonds. The Morgan fingerprint density at radius 1 is 1.06 bits per heavy atom. The highest BCUT2D eigenvalue weighted by Crippen LogP contribution is 2.25. The van der Waals surface area contributed by atoms with E-state index in [9.17, 15) is 13.2 Å². The third-order valence-electron chi connectivity index (χ3n) is 4.49. The molecular formula is C23H23N3O3S2. The zero-order valence-electron chi connectivity index (χ0n) is 17.1. The third-order valence-corrected chi connectivity index (χ3v) is 7.10. The molecule has 0 unspecified atom stereocenters. The van der Waals surface area contributed by atoms with Crippen molar-refractivity contribution >= 4 is 32.4 Å². The molecule has 0 aliphatic rings. The summed E-state index contributed by atoms with van der Waals surface area (Å²) >= 11 is 1.33. The lowest BCUT2D eigenvalue weighted by Gasteiger charge is -2.19. The summed E-state index contributed by atoms with van der Waals surface area (Å²) in [6, 6.07) is 13.8. The summed E-state index contributed by atoms with van der Waals surface area (Å²) in [6.45, 7) is 9.55. The molecule has 1 N–H and O–H groups in total. The van der Waals surface area contributed by atoms with Crippen molar-refractivity contribution in [3.05, 3.63) is 90.3 Å². The number of nitrogens with one attached hydrogen (secondary N) is 1. The van der Waals surface area contributed by atoms with E-state index in [1.54, 1.807) is 0 Å². The maximum atomic E-state index is 12.8. The van der Waals surface area contributed by atoms with Gasteiger partial charge in [-0.1, -0.05) is 42.0 Å². The quantitative estimate of drug-likeness (QED) is 0.475. The number of carbonyl (C=O) groups is 1. The van der Waals surface area contributed by atoms with Crippen LogP contribution < -0.4 is 5.32 Å². The van der Waals surface area contributed by atoms with E-state index in [4.69, 9.17) is 0 Å². The van der Waals surface area contributed by atoms with Crippen LogP contribution in [0.3, 0.4) is 0 Å². The zero-order valence-corrected chi connectivity index (χ0v) is 18.7. The molecule has 0 bridgehead atoms. The number of amides is 1. The first-order valence-electron chi connectivity index (χ1n) is 9.51. The van der Waals surface area contributed by atoms with Crippen LogP contribution in [0.4, 0.5) is 5.13 Å². The Balaban J connectivity index is 1.73. The molecule has 31 heavy (non-hydrogen) atoms. The van der Waals surface area contributed by atoms with Gasteiger partial charge in [0, 0.05) is 29.6 Å². The first-order chi connectivity index (χ1) is 14.8. The largest absolute Gasteiger partial charge is 0.298 e. The number of rotatable bonds is 9. The van der Waals surface area contributed by atoms with Gasteiger partial charge in [-0.3, -0.25) is 10.1 Å². The molecular weight excluding hydrogens is 430 g/mol. The topological polar surface area (TPSA) is 79.4 Å². The predicted molar refractivity (Wildman–Crippen MR) is 126 cm³/mol. The number of nitrogens with zero attached hydrogens (tertiary/aromatic N) is 2. The van der Waals surface area contributed by atoms with Gasteiger partial charge in [-0.2, -0.15) is 4.31 Å². The minimum Gasteiger partial charge on any atom is -0.298 e. The number of benzene rings is 2. The van der Waals surface area contributed by atoms with Crippen LogP contribution in [-0.2, 0) is 10.0 Å². The van der Waals surface area contributed by atoms with Crippen molar-refractivity contribution in [1.82, 2.24) is 9.29 Å².